The summed E-state index contributed by atoms with van der Waals surface area (Å²) in [4.78, 5) is 50.3. The molecular formula is C20H25N5O5. The van der Waals surface area contributed by atoms with E-state index in [1.807, 2.05) is 0 Å². The van der Waals surface area contributed by atoms with Crippen LogP contribution in [0.3, 0.4) is 0 Å². The van der Waals surface area contributed by atoms with Gasteiger partial charge in [0.2, 0.25) is 5.91 Å². The van der Waals surface area contributed by atoms with Crippen LogP contribution >= 0.6 is 0 Å². The van der Waals surface area contributed by atoms with Crippen molar-refractivity contribution in [3.63, 3.8) is 0 Å². The molecule has 10 nitrogen and oxygen atoms in total. The molecule has 1 N–H and O–H groups in total. The maximum absolute atomic E-state index is 13.2. The van der Waals surface area contributed by atoms with E-state index in [1.165, 1.54) is 6.92 Å². The van der Waals surface area contributed by atoms with Gasteiger partial charge < -0.3 is 15.0 Å². The third-order valence-electron chi connectivity index (χ3n) is 4.59. The largest absolute Gasteiger partial charge is 0.467 e. The van der Waals surface area contributed by atoms with Crippen LogP contribution in [0.4, 0.5) is 5.69 Å². The van der Waals surface area contributed by atoms with E-state index in [0.717, 1.165) is 25.1 Å². The van der Waals surface area contributed by atoms with Crippen molar-refractivity contribution in [2.24, 2.45) is 10.2 Å². The van der Waals surface area contributed by atoms with Gasteiger partial charge in [0.05, 0.1) is 18.4 Å². The van der Waals surface area contributed by atoms with E-state index in [4.69, 9.17) is 0 Å². The first-order valence-corrected chi connectivity index (χ1v) is 9.35. The molecule has 1 fully saturated rings. The number of ether oxygens (including phenoxy) is 1. The molecule has 1 aliphatic carbocycles. The fourth-order valence-electron chi connectivity index (χ4n) is 2.92. The molecule has 160 valence electrons. The number of anilines is 1. The van der Waals surface area contributed by atoms with Gasteiger partial charge >= 0.3 is 5.97 Å². The van der Waals surface area contributed by atoms with E-state index < -0.39 is 23.7 Å². The Morgan fingerprint density at radius 1 is 1.20 bits per heavy atom. The second kappa shape index (κ2) is 10.3. The lowest BCUT2D eigenvalue weighted by molar-refractivity contribution is -0.148. The number of para-hydroxylation sites is 1. The number of carbonyl (C=O) groups is 4. The van der Waals surface area contributed by atoms with Gasteiger partial charge in [-0.05, 0) is 31.9 Å². The molecule has 0 bridgehead atoms. The fraction of sp³-hybridized carbons (Fsp3) is 0.400. The maximum Gasteiger partial charge on any atom is 0.336 e. The van der Waals surface area contributed by atoms with E-state index in [1.54, 1.807) is 29.2 Å². The summed E-state index contributed by atoms with van der Waals surface area (Å²) in [6.07, 6.45) is 1.59. The Morgan fingerprint density at radius 3 is 2.37 bits per heavy atom. The molecule has 2 rings (SSSR count). The number of hydrazone groups is 2. The molecule has 0 aromatic heterocycles. The molecule has 1 aliphatic rings. The number of carbonyl (C=O) groups excluding carboxylic acids is 4. The van der Waals surface area contributed by atoms with E-state index in [-0.39, 0.29) is 24.9 Å². The predicted molar refractivity (Wildman–Crippen MR) is 111 cm³/mol. The van der Waals surface area contributed by atoms with Crippen molar-refractivity contribution in [1.29, 1.82) is 0 Å². The lowest BCUT2D eigenvalue weighted by Crippen LogP contribution is -2.47. The van der Waals surface area contributed by atoms with Crippen molar-refractivity contribution in [2.75, 3.05) is 18.8 Å². The van der Waals surface area contributed by atoms with Gasteiger partial charge in [-0.3, -0.25) is 14.4 Å². The zero-order chi connectivity index (χ0) is 22.3. The van der Waals surface area contributed by atoms with Crippen LogP contribution in [-0.4, -0.2) is 67.6 Å². The first-order valence-electron chi connectivity index (χ1n) is 9.35. The molecule has 10 heteroatoms. The van der Waals surface area contributed by atoms with Crippen molar-refractivity contribution >= 4 is 42.7 Å². The summed E-state index contributed by atoms with van der Waals surface area (Å²) >= 11 is 0. The zero-order valence-electron chi connectivity index (χ0n) is 17.0. The number of ketones is 1. The molecule has 0 radical (unpaired) electrons. The van der Waals surface area contributed by atoms with Gasteiger partial charge in [0.1, 0.15) is 0 Å². The van der Waals surface area contributed by atoms with Crippen LogP contribution in [0.1, 0.15) is 36.5 Å². The second-order valence-electron chi connectivity index (χ2n) is 6.70. The van der Waals surface area contributed by atoms with Gasteiger partial charge in [0.15, 0.2) is 11.8 Å². The van der Waals surface area contributed by atoms with Gasteiger partial charge in [-0.2, -0.15) is 15.3 Å². The summed E-state index contributed by atoms with van der Waals surface area (Å²) in [6.45, 7) is 8.15. The first kappa shape index (κ1) is 22.7. The number of Topliss-reactive ketones (excluding diaryl/α,β-unsaturated/α-hetero) is 1. The average molecular weight is 415 g/mol. The highest BCUT2D eigenvalue weighted by Gasteiger charge is 2.35. The molecule has 2 amide bonds. The molecule has 0 heterocycles. The Kier molecular flexibility index (Phi) is 7.79. The van der Waals surface area contributed by atoms with Crippen molar-refractivity contribution < 1.29 is 23.9 Å². The summed E-state index contributed by atoms with van der Waals surface area (Å²) in [7, 11) is 1.13. The summed E-state index contributed by atoms with van der Waals surface area (Å²) in [5.41, 5.74) is 0.769. The number of amides is 2. The molecule has 1 aromatic rings. The lowest BCUT2D eigenvalue weighted by Gasteiger charge is -2.25. The minimum atomic E-state index is -1.36. The number of nitrogens with zero attached hydrogens (tertiary/aromatic N) is 4. The molecular weight excluding hydrogens is 390 g/mol. The number of hydrogen-bond donors (Lipinski definition) is 1. The van der Waals surface area contributed by atoms with Gasteiger partial charge in [-0.15, -0.1) is 0 Å². The minimum Gasteiger partial charge on any atom is -0.467 e. The van der Waals surface area contributed by atoms with Crippen LogP contribution in [0.2, 0.25) is 0 Å². The Bertz CT molecular complexity index is 844. The van der Waals surface area contributed by atoms with Crippen LogP contribution in [0, 0.1) is 0 Å². The highest BCUT2D eigenvalue weighted by atomic mass is 16.5. The zero-order valence-corrected chi connectivity index (χ0v) is 17.0. The van der Waals surface area contributed by atoms with Crippen LogP contribution in [0.15, 0.2) is 34.5 Å². The number of methoxy groups -OCH3 is 1. The fourth-order valence-corrected chi connectivity index (χ4v) is 2.92. The monoisotopic (exact) mass is 415 g/mol. The Morgan fingerprint density at radius 2 is 1.83 bits per heavy atom. The van der Waals surface area contributed by atoms with Crippen LogP contribution in [0.5, 0.6) is 0 Å². The molecule has 1 atom stereocenters. The van der Waals surface area contributed by atoms with E-state index in [0.29, 0.717) is 11.3 Å². The third kappa shape index (κ3) is 5.49. The number of benzene rings is 1. The molecule has 1 unspecified atom stereocenters. The number of esters is 1. The Labute approximate surface area is 174 Å². The van der Waals surface area contributed by atoms with Crippen molar-refractivity contribution in [2.45, 2.75) is 38.3 Å². The quantitative estimate of drug-likeness (QED) is 0.249. The highest BCUT2D eigenvalue weighted by Crippen LogP contribution is 2.31. The van der Waals surface area contributed by atoms with E-state index in [9.17, 15) is 19.2 Å². The van der Waals surface area contributed by atoms with Crippen LogP contribution < -0.4 is 10.4 Å². The van der Waals surface area contributed by atoms with E-state index in [2.05, 4.69) is 33.7 Å². The van der Waals surface area contributed by atoms with Crippen molar-refractivity contribution in [3.05, 3.63) is 29.8 Å². The second-order valence-corrected chi connectivity index (χ2v) is 6.70. The van der Waals surface area contributed by atoms with Crippen molar-refractivity contribution in [3.8, 4) is 0 Å². The normalized spacial score (nSPS) is 13.5. The third-order valence-corrected chi connectivity index (χ3v) is 4.59. The SMILES string of the molecule is C=NN(N=C)c1ccccc1C(=O)N(CCC(=O)NC(C(C)=O)C(=O)OC)C1CC1. The summed E-state index contributed by atoms with van der Waals surface area (Å²) in [5, 5.41) is 11.0. The molecule has 1 aromatic carbocycles. The number of hydrogen-bond acceptors (Lipinski definition) is 8. The summed E-state index contributed by atoms with van der Waals surface area (Å²) in [6, 6.07) is 5.41. The topological polar surface area (TPSA) is 121 Å². The van der Waals surface area contributed by atoms with Gasteiger partial charge in [0.25, 0.3) is 5.91 Å². The standard InChI is InChI=1S/C20H25N5O5/c1-13(26)18(20(29)30-4)23-17(27)11-12-24(14-9-10-14)19(28)15-7-5-6-8-16(15)25(21-2)22-3/h5-8,14,18H,2-3,9-12H2,1,4H3,(H,23,27). The van der Waals surface area contributed by atoms with Gasteiger partial charge in [0, 0.05) is 32.4 Å². The highest BCUT2D eigenvalue weighted by molar-refractivity contribution is 6.05. The van der Waals surface area contributed by atoms with Gasteiger partial charge in [-0.1, -0.05) is 12.1 Å². The molecule has 0 spiro atoms. The molecule has 0 aliphatic heterocycles. The molecule has 0 saturated heterocycles. The minimum absolute atomic E-state index is 0.0180. The lowest BCUT2D eigenvalue weighted by atomic mass is 10.1. The summed E-state index contributed by atoms with van der Waals surface area (Å²) < 4.78 is 4.53. The van der Waals surface area contributed by atoms with E-state index >= 15 is 0 Å². The number of nitrogens with one attached hydrogen (secondary N) is 1. The molecule has 1 saturated carbocycles. The van der Waals surface area contributed by atoms with Crippen molar-refractivity contribution in [1.82, 2.24) is 10.2 Å². The van der Waals surface area contributed by atoms with Crippen LogP contribution in [-0.2, 0) is 19.1 Å². The van der Waals surface area contributed by atoms with Crippen LogP contribution in [0.25, 0.3) is 0 Å². The first-order chi connectivity index (χ1) is 14.3. The van der Waals surface area contributed by atoms with Gasteiger partial charge in [-0.25, -0.2) is 4.79 Å². The summed E-state index contributed by atoms with van der Waals surface area (Å²) in [5.74, 6) is -2.19. The Balaban J connectivity index is 2.12. The smallest absolute Gasteiger partial charge is 0.336 e. The molecule has 30 heavy (non-hydrogen) atoms. The maximum atomic E-state index is 13.2. The number of rotatable bonds is 11. The predicted octanol–water partition coefficient (Wildman–Crippen LogP) is 0.966. The Hall–Kier alpha value is -3.56. The average Bonchev–Trinajstić information content (AvgIpc) is 3.57.